The van der Waals surface area contributed by atoms with Gasteiger partial charge in [0.2, 0.25) is 0 Å². The molecule has 1 aliphatic rings. The Kier molecular flexibility index (Phi) is 3.28. The topological polar surface area (TPSA) is 60.9 Å². The van der Waals surface area contributed by atoms with E-state index >= 15 is 0 Å². The first kappa shape index (κ1) is 10.9. The molecule has 1 saturated heterocycles. The Morgan fingerprint density at radius 1 is 1.54 bits per heavy atom. The quantitative estimate of drug-likeness (QED) is 0.664. The fourth-order valence-electron chi connectivity index (χ4n) is 1.51. The molecule has 0 aromatic carbocycles. The average molecular weight is 208 g/mol. The van der Waals surface area contributed by atoms with E-state index in [1.807, 2.05) is 0 Å². The molecule has 13 heavy (non-hydrogen) atoms. The van der Waals surface area contributed by atoms with Gasteiger partial charge in [-0.1, -0.05) is 0 Å². The Balaban J connectivity index is 2.82. The molecule has 0 saturated carbocycles. The zero-order valence-electron chi connectivity index (χ0n) is 7.97. The first-order chi connectivity index (χ1) is 6.00. The molecule has 0 spiro atoms. The maximum atomic E-state index is 11.6. The molecule has 5 nitrogen and oxygen atoms in total. The van der Waals surface area contributed by atoms with Gasteiger partial charge in [0.1, 0.15) is 0 Å². The van der Waals surface area contributed by atoms with E-state index in [1.165, 1.54) is 22.7 Å². The van der Waals surface area contributed by atoms with E-state index in [0.29, 0.717) is 6.54 Å². The lowest BCUT2D eigenvalue weighted by Crippen LogP contribution is -2.44. The van der Waals surface area contributed by atoms with Crippen LogP contribution in [0.4, 0.5) is 0 Å². The van der Waals surface area contributed by atoms with Crippen molar-refractivity contribution in [3.8, 4) is 0 Å². The van der Waals surface area contributed by atoms with E-state index < -0.39 is 10.2 Å². The molecule has 0 amide bonds. The van der Waals surface area contributed by atoms with Gasteiger partial charge in [-0.2, -0.15) is 17.0 Å². The number of nitrogens with zero attached hydrogens (tertiary/aromatic N) is 2. The van der Waals surface area contributed by atoms with Crippen LogP contribution in [0.2, 0.25) is 0 Å². The molecule has 0 aromatic heterocycles. The fourth-order valence-corrected chi connectivity index (χ4v) is 2.83. The second-order valence-electron chi connectivity index (χ2n) is 3.38. The number of rotatable bonds is 3. The summed E-state index contributed by atoms with van der Waals surface area (Å²) >= 11 is 0. The molecule has 1 unspecified atom stereocenters. The van der Waals surface area contributed by atoms with E-state index in [0.717, 1.165) is 12.8 Å². The minimum absolute atomic E-state index is 0.0902. The van der Waals surface area contributed by atoms with Crippen molar-refractivity contribution in [2.45, 2.75) is 18.9 Å². The minimum atomic E-state index is -3.33. The minimum Gasteiger partial charge on any atom is -0.395 e. The van der Waals surface area contributed by atoms with Crippen LogP contribution in [-0.4, -0.2) is 55.4 Å². The van der Waals surface area contributed by atoms with Gasteiger partial charge in [-0.25, -0.2) is 0 Å². The summed E-state index contributed by atoms with van der Waals surface area (Å²) in [6.07, 6.45) is 1.59. The molecule has 0 aliphatic carbocycles. The smallest absolute Gasteiger partial charge is 0.281 e. The molecule has 0 radical (unpaired) electrons. The first-order valence-electron chi connectivity index (χ1n) is 4.30. The van der Waals surface area contributed by atoms with E-state index in [-0.39, 0.29) is 12.6 Å². The van der Waals surface area contributed by atoms with Gasteiger partial charge in [-0.15, -0.1) is 0 Å². The van der Waals surface area contributed by atoms with E-state index in [9.17, 15) is 8.42 Å². The third kappa shape index (κ3) is 2.01. The van der Waals surface area contributed by atoms with Crippen molar-refractivity contribution >= 4 is 10.2 Å². The van der Waals surface area contributed by atoms with Gasteiger partial charge in [0.25, 0.3) is 10.2 Å². The standard InChI is InChI=1S/C7H16N2O3S/c1-8(2)13(11,12)9-5-3-4-7(9)6-10/h7,10H,3-6H2,1-2H3. The van der Waals surface area contributed by atoms with Gasteiger partial charge in [-0.05, 0) is 12.8 Å². The summed E-state index contributed by atoms with van der Waals surface area (Å²) in [5.41, 5.74) is 0. The lowest BCUT2D eigenvalue weighted by atomic mass is 10.2. The summed E-state index contributed by atoms with van der Waals surface area (Å²) in [5.74, 6) is 0. The molecular formula is C7H16N2O3S. The number of aliphatic hydroxyl groups excluding tert-OH is 1. The molecule has 0 bridgehead atoms. The lowest BCUT2D eigenvalue weighted by molar-refractivity contribution is 0.209. The monoisotopic (exact) mass is 208 g/mol. The van der Waals surface area contributed by atoms with Crippen molar-refractivity contribution in [2.75, 3.05) is 27.2 Å². The maximum Gasteiger partial charge on any atom is 0.281 e. The fraction of sp³-hybridized carbons (Fsp3) is 1.00. The second kappa shape index (κ2) is 3.91. The van der Waals surface area contributed by atoms with E-state index in [1.54, 1.807) is 0 Å². The molecular weight excluding hydrogens is 192 g/mol. The predicted octanol–water partition coefficient (Wildman–Crippen LogP) is -0.750. The molecule has 6 heteroatoms. The zero-order valence-corrected chi connectivity index (χ0v) is 8.79. The SMILES string of the molecule is CN(C)S(=O)(=O)N1CCCC1CO. The molecule has 78 valence electrons. The summed E-state index contributed by atoms with van der Waals surface area (Å²) in [4.78, 5) is 0. The van der Waals surface area contributed by atoms with Crippen LogP contribution < -0.4 is 0 Å². The highest BCUT2D eigenvalue weighted by Gasteiger charge is 2.34. The highest BCUT2D eigenvalue weighted by atomic mass is 32.2. The van der Waals surface area contributed by atoms with Gasteiger partial charge in [0.15, 0.2) is 0 Å². The summed E-state index contributed by atoms with van der Waals surface area (Å²) in [6.45, 7) is 0.429. The van der Waals surface area contributed by atoms with E-state index in [4.69, 9.17) is 5.11 Å². The van der Waals surface area contributed by atoms with Gasteiger partial charge in [0.05, 0.1) is 6.61 Å². The largest absolute Gasteiger partial charge is 0.395 e. The van der Waals surface area contributed by atoms with Crippen molar-refractivity contribution in [3.05, 3.63) is 0 Å². The number of aliphatic hydroxyl groups is 1. The molecule has 1 aliphatic heterocycles. The first-order valence-corrected chi connectivity index (χ1v) is 5.70. The van der Waals surface area contributed by atoms with Gasteiger partial charge in [0, 0.05) is 26.7 Å². The van der Waals surface area contributed by atoms with Crippen LogP contribution in [0.1, 0.15) is 12.8 Å². The van der Waals surface area contributed by atoms with Crippen LogP contribution >= 0.6 is 0 Å². The summed E-state index contributed by atoms with van der Waals surface area (Å²) < 4.78 is 25.8. The highest BCUT2D eigenvalue weighted by molar-refractivity contribution is 7.86. The van der Waals surface area contributed by atoms with Crippen molar-refractivity contribution in [3.63, 3.8) is 0 Å². The second-order valence-corrected chi connectivity index (χ2v) is 5.47. The van der Waals surface area contributed by atoms with Crippen LogP contribution in [0.25, 0.3) is 0 Å². The molecule has 1 heterocycles. The molecule has 1 fully saturated rings. The van der Waals surface area contributed by atoms with Crippen molar-refractivity contribution < 1.29 is 13.5 Å². The lowest BCUT2D eigenvalue weighted by Gasteiger charge is -2.25. The summed E-state index contributed by atoms with van der Waals surface area (Å²) in [6, 6.07) is -0.229. The van der Waals surface area contributed by atoms with Crippen LogP contribution in [0.5, 0.6) is 0 Å². The molecule has 0 aromatic rings. The maximum absolute atomic E-state index is 11.6. The Labute approximate surface area is 79.1 Å². The number of hydrogen-bond donors (Lipinski definition) is 1. The Morgan fingerprint density at radius 2 is 2.15 bits per heavy atom. The summed E-state index contributed by atoms with van der Waals surface area (Å²) in [5, 5.41) is 8.96. The predicted molar refractivity (Wildman–Crippen MR) is 49.4 cm³/mol. The zero-order chi connectivity index (χ0) is 10.1. The van der Waals surface area contributed by atoms with Gasteiger partial charge < -0.3 is 5.11 Å². The molecule has 1 rings (SSSR count). The normalized spacial score (nSPS) is 25.7. The van der Waals surface area contributed by atoms with Crippen LogP contribution in [0.15, 0.2) is 0 Å². The van der Waals surface area contributed by atoms with Crippen LogP contribution in [0.3, 0.4) is 0 Å². The Bertz CT molecular complexity index is 263. The van der Waals surface area contributed by atoms with E-state index in [2.05, 4.69) is 0 Å². The van der Waals surface area contributed by atoms with Crippen molar-refractivity contribution in [2.24, 2.45) is 0 Å². The Morgan fingerprint density at radius 3 is 2.62 bits per heavy atom. The third-order valence-corrected chi connectivity index (χ3v) is 4.29. The molecule has 1 atom stereocenters. The van der Waals surface area contributed by atoms with Crippen LogP contribution in [-0.2, 0) is 10.2 Å². The van der Waals surface area contributed by atoms with Gasteiger partial charge >= 0.3 is 0 Å². The van der Waals surface area contributed by atoms with Crippen molar-refractivity contribution in [1.82, 2.24) is 8.61 Å². The number of hydrogen-bond acceptors (Lipinski definition) is 3. The van der Waals surface area contributed by atoms with Gasteiger partial charge in [-0.3, -0.25) is 0 Å². The Hall–Kier alpha value is -0.170. The average Bonchev–Trinajstić information content (AvgIpc) is 2.51. The third-order valence-electron chi connectivity index (χ3n) is 2.29. The van der Waals surface area contributed by atoms with Crippen molar-refractivity contribution in [1.29, 1.82) is 0 Å². The highest BCUT2D eigenvalue weighted by Crippen LogP contribution is 2.21. The molecule has 1 N–H and O–H groups in total. The summed E-state index contributed by atoms with van der Waals surface area (Å²) in [7, 11) is -0.327. The van der Waals surface area contributed by atoms with Crippen LogP contribution in [0, 0.1) is 0 Å².